The van der Waals surface area contributed by atoms with Gasteiger partial charge >= 0.3 is 0 Å². The average Bonchev–Trinajstić information content (AvgIpc) is 2.41. The topological polar surface area (TPSA) is 38.9 Å². The highest BCUT2D eigenvalue weighted by Crippen LogP contribution is 2.25. The zero-order chi connectivity index (χ0) is 13.8. The van der Waals surface area contributed by atoms with Gasteiger partial charge in [0.2, 0.25) is 0 Å². The fourth-order valence-corrected chi connectivity index (χ4v) is 2.64. The molecule has 0 fully saturated rings. The Morgan fingerprint density at radius 2 is 2.11 bits per heavy atom. The minimum atomic E-state index is -0.248. The number of hydrogen-bond acceptors (Lipinski definition) is 2. The molecule has 19 heavy (non-hydrogen) atoms. The van der Waals surface area contributed by atoms with E-state index in [1.807, 2.05) is 12.3 Å². The Labute approximate surface area is 121 Å². The molecular weight excluding hydrogens is 307 g/mol. The van der Waals surface area contributed by atoms with Gasteiger partial charge in [0.05, 0.1) is 0 Å². The van der Waals surface area contributed by atoms with Crippen molar-refractivity contribution in [3.05, 3.63) is 63.6 Å². The quantitative estimate of drug-likeness (QED) is 0.930. The molecule has 0 saturated heterocycles. The monoisotopic (exact) mass is 322 g/mol. The molecule has 0 aliphatic carbocycles. The Morgan fingerprint density at radius 1 is 1.32 bits per heavy atom. The van der Waals surface area contributed by atoms with Crippen LogP contribution in [0, 0.1) is 5.82 Å². The van der Waals surface area contributed by atoms with Crippen molar-refractivity contribution in [3.63, 3.8) is 0 Å². The molecule has 0 spiro atoms. The normalized spacial score (nSPS) is 12.4. The number of benzene rings is 1. The smallest absolute Gasteiger partial charge is 0.124 e. The third kappa shape index (κ3) is 3.39. The molecule has 2 nitrogen and oxygen atoms in total. The Hall–Kier alpha value is -1.26. The lowest BCUT2D eigenvalue weighted by Gasteiger charge is -2.16. The van der Waals surface area contributed by atoms with Gasteiger partial charge in [0, 0.05) is 22.9 Å². The number of rotatable bonds is 4. The van der Waals surface area contributed by atoms with Crippen LogP contribution in [0.1, 0.15) is 29.7 Å². The van der Waals surface area contributed by atoms with E-state index in [9.17, 15) is 4.39 Å². The zero-order valence-corrected chi connectivity index (χ0v) is 12.3. The second-order valence-electron chi connectivity index (χ2n) is 4.47. The largest absolute Gasteiger partial charge is 0.324 e. The molecule has 0 radical (unpaired) electrons. The van der Waals surface area contributed by atoms with Gasteiger partial charge in [-0.15, -0.1) is 0 Å². The van der Waals surface area contributed by atoms with Gasteiger partial charge in [-0.2, -0.15) is 0 Å². The molecule has 1 aromatic carbocycles. The molecular formula is C15H16BrFN2. The maximum absolute atomic E-state index is 13.1. The predicted octanol–water partition coefficient (Wildman–Crippen LogP) is 3.79. The Morgan fingerprint density at radius 3 is 2.79 bits per heavy atom. The highest BCUT2D eigenvalue weighted by atomic mass is 79.9. The third-order valence-corrected chi connectivity index (χ3v) is 3.91. The lowest BCUT2D eigenvalue weighted by molar-refractivity contribution is 0.624. The number of hydrogen-bond donors (Lipinski definition) is 1. The second-order valence-corrected chi connectivity index (χ2v) is 5.33. The van der Waals surface area contributed by atoms with Crippen molar-refractivity contribution in [2.24, 2.45) is 5.73 Å². The van der Waals surface area contributed by atoms with E-state index in [2.05, 4.69) is 27.8 Å². The first-order valence-electron chi connectivity index (χ1n) is 6.24. The van der Waals surface area contributed by atoms with Crippen molar-refractivity contribution >= 4 is 15.9 Å². The molecule has 0 saturated carbocycles. The first-order valence-corrected chi connectivity index (χ1v) is 7.03. The summed E-state index contributed by atoms with van der Waals surface area (Å²) >= 11 is 3.38. The van der Waals surface area contributed by atoms with Crippen molar-refractivity contribution in [2.45, 2.75) is 25.8 Å². The molecule has 0 aliphatic rings. The number of pyridine rings is 1. The fraction of sp³-hybridized carbons (Fsp3) is 0.267. The van der Waals surface area contributed by atoms with E-state index in [1.54, 1.807) is 12.3 Å². The van der Waals surface area contributed by atoms with Crippen LogP contribution < -0.4 is 5.73 Å². The summed E-state index contributed by atoms with van der Waals surface area (Å²) in [6.07, 6.45) is 5.18. The van der Waals surface area contributed by atoms with Gasteiger partial charge in [-0.25, -0.2) is 4.39 Å². The van der Waals surface area contributed by atoms with Crippen LogP contribution in [0.2, 0.25) is 0 Å². The van der Waals surface area contributed by atoms with Gasteiger partial charge in [-0.05, 0) is 47.7 Å². The number of halogens is 2. The maximum atomic E-state index is 13.1. The second kappa shape index (κ2) is 6.26. The lowest BCUT2D eigenvalue weighted by atomic mass is 9.96. The van der Waals surface area contributed by atoms with Crippen LogP contribution in [0.15, 0.2) is 41.1 Å². The van der Waals surface area contributed by atoms with E-state index < -0.39 is 0 Å². The standard InChI is InChI=1S/C15H16BrFN2/c1-2-10-9-19-6-5-13(10)15(18)7-11-3-4-12(17)8-14(11)16/h3-6,8-9,15H,2,7,18H2,1H3. The van der Waals surface area contributed by atoms with Crippen LogP contribution in [0.25, 0.3) is 0 Å². The summed E-state index contributed by atoms with van der Waals surface area (Å²) in [5.41, 5.74) is 9.54. The molecule has 0 amide bonds. The summed E-state index contributed by atoms with van der Waals surface area (Å²) in [5.74, 6) is -0.248. The highest BCUT2D eigenvalue weighted by Gasteiger charge is 2.13. The number of aryl methyl sites for hydroxylation is 1. The van der Waals surface area contributed by atoms with E-state index in [0.717, 1.165) is 27.6 Å². The Kier molecular flexibility index (Phi) is 4.66. The summed E-state index contributed by atoms with van der Waals surface area (Å²) in [6.45, 7) is 2.08. The van der Waals surface area contributed by atoms with Crippen LogP contribution in [0.3, 0.4) is 0 Å². The van der Waals surface area contributed by atoms with Gasteiger partial charge in [-0.1, -0.05) is 28.9 Å². The number of nitrogens with two attached hydrogens (primary N) is 1. The third-order valence-electron chi connectivity index (χ3n) is 3.18. The van der Waals surface area contributed by atoms with E-state index >= 15 is 0 Å². The minimum Gasteiger partial charge on any atom is -0.324 e. The van der Waals surface area contributed by atoms with Crippen LogP contribution in [-0.2, 0) is 12.8 Å². The van der Waals surface area contributed by atoms with Crippen molar-refractivity contribution in [1.82, 2.24) is 4.98 Å². The summed E-state index contributed by atoms with van der Waals surface area (Å²) in [7, 11) is 0. The summed E-state index contributed by atoms with van der Waals surface area (Å²) in [4.78, 5) is 4.12. The van der Waals surface area contributed by atoms with Crippen LogP contribution in [0.4, 0.5) is 4.39 Å². The number of aromatic nitrogens is 1. The fourth-order valence-electron chi connectivity index (χ4n) is 2.13. The molecule has 100 valence electrons. The molecule has 1 atom stereocenters. The molecule has 1 heterocycles. The summed E-state index contributed by atoms with van der Waals surface area (Å²) < 4.78 is 13.8. The van der Waals surface area contributed by atoms with E-state index in [4.69, 9.17) is 5.73 Å². The number of nitrogens with zero attached hydrogens (tertiary/aromatic N) is 1. The minimum absolute atomic E-state index is 0.111. The molecule has 2 N–H and O–H groups in total. The molecule has 2 aromatic rings. The lowest BCUT2D eigenvalue weighted by Crippen LogP contribution is -2.15. The molecule has 0 bridgehead atoms. The first kappa shape index (κ1) is 14.2. The molecule has 2 rings (SSSR count). The van der Waals surface area contributed by atoms with Crippen LogP contribution in [-0.4, -0.2) is 4.98 Å². The van der Waals surface area contributed by atoms with E-state index in [0.29, 0.717) is 6.42 Å². The summed E-state index contributed by atoms with van der Waals surface area (Å²) in [5, 5.41) is 0. The van der Waals surface area contributed by atoms with Crippen molar-refractivity contribution in [2.75, 3.05) is 0 Å². The summed E-state index contributed by atoms with van der Waals surface area (Å²) in [6, 6.07) is 6.54. The zero-order valence-electron chi connectivity index (χ0n) is 10.7. The van der Waals surface area contributed by atoms with Gasteiger partial charge < -0.3 is 5.73 Å². The van der Waals surface area contributed by atoms with Gasteiger partial charge in [-0.3, -0.25) is 4.98 Å². The first-order chi connectivity index (χ1) is 9.11. The van der Waals surface area contributed by atoms with Gasteiger partial charge in [0.1, 0.15) is 5.82 Å². The molecule has 1 aromatic heterocycles. The van der Waals surface area contributed by atoms with Gasteiger partial charge in [0.25, 0.3) is 0 Å². The maximum Gasteiger partial charge on any atom is 0.124 e. The Bertz CT molecular complexity index is 572. The molecule has 4 heteroatoms. The SMILES string of the molecule is CCc1cnccc1C(N)Cc1ccc(F)cc1Br. The van der Waals surface area contributed by atoms with Gasteiger partial charge in [0.15, 0.2) is 0 Å². The average molecular weight is 323 g/mol. The predicted molar refractivity (Wildman–Crippen MR) is 78.3 cm³/mol. The highest BCUT2D eigenvalue weighted by molar-refractivity contribution is 9.10. The molecule has 0 aliphatic heterocycles. The van der Waals surface area contributed by atoms with Crippen LogP contribution in [0.5, 0.6) is 0 Å². The van der Waals surface area contributed by atoms with Crippen molar-refractivity contribution < 1.29 is 4.39 Å². The van der Waals surface area contributed by atoms with Crippen LogP contribution >= 0.6 is 15.9 Å². The van der Waals surface area contributed by atoms with E-state index in [1.165, 1.54) is 12.1 Å². The molecule has 1 unspecified atom stereocenters. The Balaban J connectivity index is 2.23. The van der Waals surface area contributed by atoms with E-state index in [-0.39, 0.29) is 11.9 Å². The van der Waals surface area contributed by atoms with Crippen molar-refractivity contribution in [3.8, 4) is 0 Å². The van der Waals surface area contributed by atoms with Crippen molar-refractivity contribution in [1.29, 1.82) is 0 Å².